The summed E-state index contributed by atoms with van der Waals surface area (Å²) >= 11 is 2.34. The summed E-state index contributed by atoms with van der Waals surface area (Å²) in [6, 6.07) is 12.5. The maximum Gasteiger partial charge on any atom is -1.00 e. The van der Waals surface area contributed by atoms with Gasteiger partial charge in [0.05, 0.1) is 0 Å². The van der Waals surface area contributed by atoms with E-state index in [2.05, 4.69) is 84.2 Å². The number of halogens is 3. The molecule has 0 saturated carbocycles. The van der Waals surface area contributed by atoms with Gasteiger partial charge < -0.3 is 37.2 Å². The Morgan fingerprint density at radius 1 is 1.09 bits per heavy atom. The Morgan fingerprint density at radius 3 is 2.09 bits per heavy atom. The Labute approximate surface area is 166 Å². The summed E-state index contributed by atoms with van der Waals surface area (Å²) in [6.45, 7) is 9.58. The molecule has 0 fully saturated rings. The average Bonchev–Trinajstić information content (AvgIpc) is 2.81. The number of allylic oxidation sites excluding steroid dienone is 4. The molecular weight excluding hydrogens is 386 g/mol. The van der Waals surface area contributed by atoms with E-state index in [0.29, 0.717) is 5.92 Å². The Hall–Kier alpha value is 0.501. The molecule has 22 heavy (non-hydrogen) atoms. The summed E-state index contributed by atoms with van der Waals surface area (Å²) in [4.78, 5) is 0. The molecule has 1 aromatic carbocycles. The molecule has 0 radical (unpaired) electrons. The standard InChI is InChI=1S/C17H23Si.3ClH.Ti/c1-5-18(4,15-10-7-6-8-11-15)17-13-9-12-16(17)14(2)3;;;;/h6-8,10-12,14H,5,9H2,1-4H3;3*1H;/q;;;;+3/p-3. The Balaban J connectivity index is 0. The molecule has 0 spiro atoms. The van der Waals surface area contributed by atoms with Crippen molar-refractivity contribution in [1.29, 1.82) is 0 Å². The van der Waals surface area contributed by atoms with Crippen molar-refractivity contribution in [1.82, 2.24) is 0 Å². The van der Waals surface area contributed by atoms with Crippen LogP contribution in [0.4, 0.5) is 0 Å². The van der Waals surface area contributed by atoms with Crippen molar-refractivity contribution in [3.05, 3.63) is 51.1 Å². The number of hydrogen-bond donors (Lipinski definition) is 0. The molecule has 0 aromatic heterocycles. The normalized spacial score (nSPS) is 16.2. The van der Waals surface area contributed by atoms with Crippen molar-refractivity contribution >= 4 is 13.3 Å². The van der Waals surface area contributed by atoms with Crippen LogP contribution in [0.25, 0.3) is 0 Å². The van der Waals surface area contributed by atoms with E-state index in [4.69, 9.17) is 0 Å². The van der Waals surface area contributed by atoms with Crippen LogP contribution in [0, 0.1) is 5.92 Å². The smallest absolute Gasteiger partial charge is 1.00 e. The molecule has 0 saturated heterocycles. The summed E-state index contributed by atoms with van der Waals surface area (Å²) in [6.07, 6.45) is 3.64. The minimum atomic E-state index is -1.54. The second-order valence-corrected chi connectivity index (χ2v) is 11.3. The van der Waals surface area contributed by atoms with Gasteiger partial charge in [0.15, 0.2) is 0 Å². The Morgan fingerprint density at radius 2 is 1.64 bits per heavy atom. The van der Waals surface area contributed by atoms with E-state index in [0.717, 1.165) is 6.42 Å². The van der Waals surface area contributed by atoms with Crippen LogP contribution in [0.1, 0.15) is 27.2 Å². The Bertz CT molecular complexity index is 526. The number of hydrogen-bond acceptors (Lipinski definition) is 0. The molecule has 0 nitrogen and oxygen atoms in total. The maximum atomic E-state index is 2.54. The molecule has 0 N–H and O–H groups in total. The molecule has 1 aromatic rings. The first-order chi connectivity index (χ1) is 9.00. The summed E-state index contributed by atoms with van der Waals surface area (Å²) in [5.41, 5.74) is 1.62. The van der Waals surface area contributed by atoms with Crippen LogP contribution in [-0.2, 0) is 20.4 Å². The van der Waals surface area contributed by atoms with Gasteiger partial charge in [0.25, 0.3) is 0 Å². The molecule has 2 rings (SSSR count). The fourth-order valence-corrected chi connectivity index (χ4v) is 8.55. The van der Waals surface area contributed by atoms with Crippen LogP contribution in [0.15, 0.2) is 51.1 Å². The third-order valence-electron chi connectivity index (χ3n) is 4.41. The predicted octanol–water partition coefficient (Wildman–Crippen LogP) is -4.67. The van der Waals surface area contributed by atoms with E-state index in [1.54, 1.807) is 19.8 Å². The molecule has 120 valence electrons. The zero-order chi connectivity index (χ0) is 14.0. The predicted molar refractivity (Wildman–Crippen MR) is 82.7 cm³/mol. The van der Waals surface area contributed by atoms with Crippen molar-refractivity contribution in [2.45, 2.75) is 39.8 Å². The summed E-state index contributed by atoms with van der Waals surface area (Å²) in [7, 11) is -1.54. The van der Waals surface area contributed by atoms with Gasteiger partial charge in [-0.05, 0) is 0 Å². The fraction of sp³-hybridized carbons (Fsp3) is 0.412. The van der Waals surface area contributed by atoms with Crippen LogP contribution < -0.4 is 42.4 Å². The molecule has 1 unspecified atom stereocenters. The van der Waals surface area contributed by atoms with Crippen LogP contribution in [-0.4, -0.2) is 8.07 Å². The summed E-state index contributed by atoms with van der Waals surface area (Å²) in [5, 5.41) is 3.32. The van der Waals surface area contributed by atoms with Crippen molar-refractivity contribution < 1.29 is 57.7 Å². The minimum absolute atomic E-state index is 0. The van der Waals surface area contributed by atoms with Crippen molar-refractivity contribution in [3.8, 4) is 0 Å². The third kappa shape index (κ3) is 4.75. The second kappa shape index (κ2) is 10.4. The zero-order valence-corrected chi connectivity index (χ0v) is 18.4. The van der Waals surface area contributed by atoms with Gasteiger partial charge in [0.2, 0.25) is 0 Å². The SMILES string of the molecule is CC[Si](C)(C1=[C]([Ti+3])CC=C1C(C)C)c1ccccc1.[Cl-].[Cl-].[Cl-]. The third-order valence-corrected chi connectivity index (χ3v) is 10.2. The van der Waals surface area contributed by atoms with E-state index in [1.807, 2.05) is 0 Å². The van der Waals surface area contributed by atoms with Crippen LogP contribution >= 0.6 is 0 Å². The summed E-state index contributed by atoms with van der Waals surface area (Å²) < 4.78 is 1.61. The Kier molecular flexibility index (Phi) is 11.7. The van der Waals surface area contributed by atoms with Gasteiger partial charge in [-0.3, -0.25) is 0 Å². The summed E-state index contributed by atoms with van der Waals surface area (Å²) in [5.74, 6) is 0.648. The molecule has 1 atom stereocenters. The largest absolute Gasteiger partial charge is 1.00 e. The first-order valence-corrected chi connectivity index (χ1v) is 10.7. The first-order valence-electron chi connectivity index (χ1n) is 7.22. The quantitative estimate of drug-likeness (QED) is 0.439. The molecule has 0 heterocycles. The maximum absolute atomic E-state index is 2.54. The number of benzene rings is 1. The monoisotopic (exact) mass is 408 g/mol. The van der Waals surface area contributed by atoms with E-state index in [9.17, 15) is 0 Å². The average molecular weight is 410 g/mol. The van der Waals surface area contributed by atoms with E-state index >= 15 is 0 Å². The van der Waals surface area contributed by atoms with Gasteiger partial charge in [-0.2, -0.15) is 0 Å². The van der Waals surface area contributed by atoms with Crippen LogP contribution in [0.3, 0.4) is 0 Å². The van der Waals surface area contributed by atoms with E-state index < -0.39 is 8.07 Å². The molecular formula is C17H23Cl3SiTi. The molecule has 0 amide bonds. The molecule has 0 aliphatic heterocycles. The van der Waals surface area contributed by atoms with E-state index in [-0.39, 0.29) is 37.2 Å². The van der Waals surface area contributed by atoms with Crippen LogP contribution in [0.2, 0.25) is 12.6 Å². The van der Waals surface area contributed by atoms with Gasteiger partial charge in [0.1, 0.15) is 0 Å². The number of rotatable bonds is 4. The fourth-order valence-electron chi connectivity index (χ4n) is 3.10. The molecule has 5 heteroatoms. The molecule has 1 aliphatic rings. The van der Waals surface area contributed by atoms with Crippen molar-refractivity contribution in [2.75, 3.05) is 0 Å². The van der Waals surface area contributed by atoms with Crippen LogP contribution in [0.5, 0.6) is 0 Å². The molecule has 1 aliphatic carbocycles. The van der Waals surface area contributed by atoms with Gasteiger partial charge in [-0.25, -0.2) is 0 Å². The van der Waals surface area contributed by atoms with E-state index in [1.165, 1.54) is 6.04 Å². The van der Waals surface area contributed by atoms with Gasteiger partial charge in [-0.15, -0.1) is 0 Å². The zero-order valence-electron chi connectivity index (χ0n) is 13.6. The van der Waals surface area contributed by atoms with Gasteiger partial charge >= 0.3 is 130 Å². The van der Waals surface area contributed by atoms with Crippen molar-refractivity contribution in [3.63, 3.8) is 0 Å². The minimum Gasteiger partial charge on any atom is -1.00 e. The first kappa shape index (κ1) is 24.7. The molecule has 0 bridgehead atoms. The van der Waals surface area contributed by atoms with Gasteiger partial charge in [0, 0.05) is 0 Å². The topological polar surface area (TPSA) is 0 Å². The van der Waals surface area contributed by atoms with Crippen molar-refractivity contribution in [2.24, 2.45) is 5.92 Å². The second-order valence-electron chi connectivity index (χ2n) is 5.92. The van der Waals surface area contributed by atoms with Gasteiger partial charge in [-0.1, -0.05) is 0 Å².